The standard InChI is InChI=1S/C18H26ClN3O4/c1-13-3-4-14(19)11-15(13)21-17(23)12-16(18(24)25)20-5-2-6-22-7-9-26-10-8-22/h3-4,11,16,20H,2,5-10,12H2,1H3,(H,21,23)(H,24,25)/p+1/t16-/m1/s1. The van der Waals surface area contributed by atoms with Gasteiger partial charge in [-0.3, -0.25) is 4.79 Å². The number of amides is 1. The molecule has 1 aliphatic heterocycles. The van der Waals surface area contributed by atoms with Crippen LogP contribution in [0.25, 0.3) is 0 Å². The Morgan fingerprint density at radius 2 is 2.12 bits per heavy atom. The Kier molecular flexibility index (Phi) is 8.31. The van der Waals surface area contributed by atoms with Crippen LogP contribution in [0.2, 0.25) is 5.02 Å². The second-order valence-electron chi connectivity index (χ2n) is 6.63. The van der Waals surface area contributed by atoms with Gasteiger partial charge in [-0.05, 0) is 24.6 Å². The Labute approximate surface area is 158 Å². The third-order valence-corrected chi connectivity index (χ3v) is 4.80. The Hall–Kier alpha value is -1.67. The summed E-state index contributed by atoms with van der Waals surface area (Å²) >= 11 is 5.93. The smallest absolute Gasteiger partial charge is 0.230 e. The fraction of sp³-hybridized carbons (Fsp3) is 0.556. The summed E-state index contributed by atoms with van der Waals surface area (Å²) in [6.45, 7) is 7.02. The quantitative estimate of drug-likeness (QED) is 0.427. The van der Waals surface area contributed by atoms with Crippen molar-refractivity contribution in [3.05, 3.63) is 28.8 Å². The number of aliphatic carboxylic acids is 1. The normalized spacial score (nSPS) is 16.2. The summed E-state index contributed by atoms with van der Waals surface area (Å²) in [5.74, 6) is -1.58. The summed E-state index contributed by atoms with van der Waals surface area (Å²) < 4.78 is 5.32. The van der Waals surface area contributed by atoms with Crippen LogP contribution >= 0.6 is 11.6 Å². The number of benzene rings is 1. The molecule has 0 bridgehead atoms. The number of nitrogens with two attached hydrogens (primary N) is 1. The number of hydrogen-bond acceptors (Lipinski definition) is 4. The maximum Gasteiger partial charge on any atom is 0.230 e. The molecule has 0 aromatic heterocycles. The molecule has 1 aromatic rings. The third-order valence-electron chi connectivity index (χ3n) is 4.57. The molecule has 1 fully saturated rings. The van der Waals surface area contributed by atoms with E-state index in [-0.39, 0.29) is 12.3 Å². The van der Waals surface area contributed by atoms with Crippen molar-refractivity contribution in [3.8, 4) is 0 Å². The first kappa shape index (κ1) is 20.6. The molecule has 1 saturated heterocycles. The van der Waals surface area contributed by atoms with E-state index < -0.39 is 12.0 Å². The minimum Gasteiger partial charge on any atom is -0.544 e. The van der Waals surface area contributed by atoms with Crippen LogP contribution in [0.4, 0.5) is 5.69 Å². The first-order valence-electron chi connectivity index (χ1n) is 8.97. The number of anilines is 1. The van der Waals surface area contributed by atoms with E-state index >= 15 is 0 Å². The van der Waals surface area contributed by atoms with Crippen molar-refractivity contribution in [3.63, 3.8) is 0 Å². The first-order valence-corrected chi connectivity index (χ1v) is 9.35. The van der Waals surface area contributed by atoms with Gasteiger partial charge in [0, 0.05) is 17.1 Å². The lowest BCUT2D eigenvalue weighted by atomic mass is 10.1. The molecular formula is C18H27ClN3O4+. The number of carbonyl (C=O) groups excluding carboxylic acids is 2. The van der Waals surface area contributed by atoms with Crippen LogP contribution in [0.15, 0.2) is 18.2 Å². The van der Waals surface area contributed by atoms with E-state index in [1.807, 2.05) is 6.92 Å². The van der Waals surface area contributed by atoms with Crippen molar-refractivity contribution in [2.45, 2.75) is 25.8 Å². The van der Waals surface area contributed by atoms with Gasteiger partial charge in [0.1, 0.15) is 19.1 Å². The number of rotatable bonds is 9. The van der Waals surface area contributed by atoms with E-state index in [4.69, 9.17) is 16.3 Å². The molecule has 144 valence electrons. The molecule has 0 spiro atoms. The Bertz CT molecular complexity index is 620. The molecule has 1 amide bonds. The zero-order valence-corrected chi connectivity index (χ0v) is 15.8. The van der Waals surface area contributed by atoms with Crippen LogP contribution in [-0.2, 0) is 14.3 Å². The molecule has 0 aliphatic carbocycles. The van der Waals surface area contributed by atoms with Gasteiger partial charge in [-0.1, -0.05) is 17.7 Å². The molecule has 8 heteroatoms. The fourth-order valence-corrected chi connectivity index (χ4v) is 3.15. The van der Waals surface area contributed by atoms with Crippen LogP contribution in [0.1, 0.15) is 18.4 Å². The lowest BCUT2D eigenvalue weighted by Gasteiger charge is -2.23. The summed E-state index contributed by atoms with van der Waals surface area (Å²) in [7, 11) is 0. The van der Waals surface area contributed by atoms with Crippen molar-refractivity contribution in [2.75, 3.05) is 44.7 Å². The van der Waals surface area contributed by atoms with Gasteiger partial charge in [0.05, 0.1) is 38.7 Å². The van der Waals surface area contributed by atoms with Gasteiger partial charge >= 0.3 is 0 Å². The fourth-order valence-electron chi connectivity index (χ4n) is 2.97. The Balaban J connectivity index is 1.76. The predicted octanol–water partition coefficient (Wildman–Crippen LogP) is -2.04. The highest BCUT2D eigenvalue weighted by atomic mass is 35.5. The van der Waals surface area contributed by atoms with Crippen molar-refractivity contribution in [1.82, 2.24) is 0 Å². The van der Waals surface area contributed by atoms with Crippen molar-refractivity contribution < 1.29 is 29.6 Å². The highest BCUT2D eigenvalue weighted by Crippen LogP contribution is 2.20. The zero-order valence-electron chi connectivity index (χ0n) is 15.1. The summed E-state index contributed by atoms with van der Waals surface area (Å²) in [5, 5.41) is 16.3. The van der Waals surface area contributed by atoms with Crippen molar-refractivity contribution in [1.29, 1.82) is 0 Å². The summed E-state index contributed by atoms with van der Waals surface area (Å²) in [5.41, 5.74) is 1.46. The molecular weight excluding hydrogens is 358 g/mol. The largest absolute Gasteiger partial charge is 0.544 e. The molecule has 4 N–H and O–H groups in total. The van der Waals surface area contributed by atoms with Gasteiger partial charge in [-0.15, -0.1) is 0 Å². The van der Waals surface area contributed by atoms with E-state index in [1.54, 1.807) is 23.5 Å². The number of nitrogens with one attached hydrogen (secondary N) is 2. The molecule has 7 nitrogen and oxygen atoms in total. The maximum absolute atomic E-state index is 12.2. The number of carbonyl (C=O) groups is 2. The number of morpholine rings is 1. The highest BCUT2D eigenvalue weighted by Gasteiger charge is 2.19. The van der Waals surface area contributed by atoms with Crippen LogP contribution in [0.5, 0.6) is 0 Å². The van der Waals surface area contributed by atoms with E-state index in [0.717, 1.165) is 44.8 Å². The Morgan fingerprint density at radius 3 is 2.81 bits per heavy atom. The zero-order chi connectivity index (χ0) is 18.9. The average Bonchev–Trinajstić information content (AvgIpc) is 2.61. The third kappa shape index (κ3) is 6.92. The number of ether oxygens (including phenoxy) is 1. The SMILES string of the molecule is Cc1ccc(Cl)cc1NC(=O)C[C@@H]([NH2+]CCC[NH+]1CCOCC1)C(=O)[O-]. The lowest BCUT2D eigenvalue weighted by molar-refractivity contribution is -0.909. The van der Waals surface area contributed by atoms with Gasteiger partial charge in [0.2, 0.25) is 5.91 Å². The van der Waals surface area contributed by atoms with Crippen molar-refractivity contribution in [2.24, 2.45) is 0 Å². The topological polar surface area (TPSA) is 99.5 Å². The molecule has 0 saturated carbocycles. The Morgan fingerprint density at radius 1 is 1.38 bits per heavy atom. The predicted molar refractivity (Wildman–Crippen MR) is 96.0 cm³/mol. The van der Waals surface area contributed by atoms with E-state index in [1.165, 1.54) is 4.90 Å². The van der Waals surface area contributed by atoms with Gasteiger partial charge in [0.25, 0.3) is 0 Å². The molecule has 1 aromatic carbocycles. The number of hydrogen-bond donors (Lipinski definition) is 3. The first-order chi connectivity index (χ1) is 12.5. The van der Waals surface area contributed by atoms with Gasteiger partial charge in [0.15, 0.2) is 0 Å². The number of aryl methyl sites for hydroxylation is 1. The number of halogens is 1. The molecule has 1 heterocycles. The second-order valence-corrected chi connectivity index (χ2v) is 7.06. The molecule has 2 rings (SSSR count). The molecule has 26 heavy (non-hydrogen) atoms. The molecule has 1 aliphatic rings. The minimum absolute atomic E-state index is 0.140. The average molecular weight is 385 g/mol. The summed E-state index contributed by atoms with van der Waals surface area (Å²) in [6.07, 6.45) is 0.743. The van der Waals surface area contributed by atoms with Gasteiger partial charge in [-0.2, -0.15) is 0 Å². The van der Waals surface area contributed by atoms with E-state index in [9.17, 15) is 14.7 Å². The minimum atomic E-state index is -1.22. The van der Waals surface area contributed by atoms with Gasteiger partial charge < -0.3 is 30.2 Å². The summed E-state index contributed by atoms with van der Waals surface area (Å²) in [6, 6.07) is 4.29. The number of carboxylic acids is 1. The molecule has 1 atom stereocenters. The molecule has 0 unspecified atom stereocenters. The summed E-state index contributed by atoms with van der Waals surface area (Å²) in [4.78, 5) is 25.0. The van der Waals surface area contributed by atoms with Crippen molar-refractivity contribution >= 4 is 29.2 Å². The number of carboxylic acid groups (broad SMARTS) is 1. The van der Waals surface area contributed by atoms with E-state index in [0.29, 0.717) is 17.3 Å². The number of quaternary nitrogens is 2. The van der Waals surface area contributed by atoms with E-state index in [2.05, 4.69) is 5.32 Å². The van der Waals surface area contributed by atoms with Crippen LogP contribution in [0, 0.1) is 6.92 Å². The van der Waals surface area contributed by atoms with Gasteiger partial charge in [-0.25, -0.2) is 0 Å². The molecule has 0 radical (unpaired) electrons. The monoisotopic (exact) mass is 384 g/mol. The van der Waals surface area contributed by atoms with Crippen LogP contribution < -0.4 is 20.6 Å². The second kappa shape index (κ2) is 10.5. The highest BCUT2D eigenvalue weighted by molar-refractivity contribution is 6.31. The lowest BCUT2D eigenvalue weighted by Crippen LogP contribution is -3.14. The maximum atomic E-state index is 12.2. The van der Waals surface area contributed by atoms with Crippen LogP contribution in [-0.4, -0.2) is 57.3 Å². The van der Waals surface area contributed by atoms with Crippen LogP contribution in [0.3, 0.4) is 0 Å².